The van der Waals surface area contributed by atoms with Crippen LogP contribution < -0.4 is 5.73 Å². The largest absolute Gasteiger partial charge is 0.325 e. The molecule has 1 fully saturated rings. The van der Waals surface area contributed by atoms with Crippen molar-refractivity contribution in [3.63, 3.8) is 0 Å². The minimum absolute atomic E-state index is 0.0327. The summed E-state index contributed by atoms with van der Waals surface area (Å²) in [5.41, 5.74) is 6.33. The van der Waals surface area contributed by atoms with E-state index in [0.29, 0.717) is 5.92 Å². The number of hydrogen-bond donors (Lipinski definition) is 1. The highest BCUT2D eigenvalue weighted by molar-refractivity contribution is 5.04. The van der Waals surface area contributed by atoms with Crippen LogP contribution in [0.1, 0.15) is 57.1 Å². The van der Waals surface area contributed by atoms with Gasteiger partial charge in [-0.25, -0.2) is 4.98 Å². The summed E-state index contributed by atoms with van der Waals surface area (Å²) in [6.07, 6.45) is 5.62. The molecule has 1 aromatic heterocycles. The quantitative estimate of drug-likeness (QED) is 0.847. The van der Waals surface area contributed by atoms with Crippen molar-refractivity contribution in [1.82, 2.24) is 14.8 Å². The molecule has 0 atom stereocenters. The monoisotopic (exact) mass is 222 g/mol. The minimum Gasteiger partial charge on any atom is -0.325 e. The highest BCUT2D eigenvalue weighted by atomic mass is 15.3. The van der Waals surface area contributed by atoms with Crippen LogP contribution in [0.15, 0.2) is 0 Å². The van der Waals surface area contributed by atoms with E-state index < -0.39 is 0 Å². The van der Waals surface area contributed by atoms with E-state index in [9.17, 15) is 0 Å². The van der Waals surface area contributed by atoms with Crippen LogP contribution in [-0.2, 0) is 13.5 Å². The fraction of sp³-hybridized carbons (Fsp3) is 0.833. The maximum absolute atomic E-state index is 6.36. The van der Waals surface area contributed by atoms with Crippen molar-refractivity contribution in [3.05, 3.63) is 11.6 Å². The second-order valence-corrected chi connectivity index (χ2v) is 5.41. The van der Waals surface area contributed by atoms with E-state index in [1.807, 2.05) is 11.7 Å². The van der Waals surface area contributed by atoms with Gasteiger partial charge in [0.25, 0.3) is 0 Å². The van der Waals surface area contributed by atoms with Gasteiger partial charge in [0.15, 0.2) is 5.82 Å². The molecular formula is C12H22N4. The van der Waals surface area contributed by atoms with Crippen LogP contribution >= 0.6 is 0 Å². The molecule has 2 N–H and O–H groups in total. The van der Waals surface area contributed by atoms with Crippen molar-refractivity contribution < 1.29 is 0 Å². The lowest BCUT2D eigenvalue weighted by molar-refractivity contribution is 0.418. The zero-order valence-electron chi connectivity index (χ0n) is 10.5. The number of nitrogens with zero attached hydrogens (tertiary/aromatic N) is 3. The maximum Gasteiger partial charge on any atom is 0.153 e. The number of hydrogen-bond acceptors (Lipinski definition) is 3. The molecule has 1 aliphatic carbocycles. The Morgan fingerprint density at radius 3 is 2.50 bits per heavy atom. The van der Waals surface area contributed by atoms with E-state index in [0.717, 1.165) is 30.9 Å². The summed E-state index contributed by atoms with van der Waals surface area (Å²) in [5, 5.41) is 4.43. The maximum atomic E-state index is 6.36. The molecule has 1 saturated carbocycles. The zero-order valence-corrected chi connectivity index (χ0v) is 10.5. The molecule has 0 aromatic carbocycles. The van der Waals surface area contributed by atoms with Crippen LogP contribution in [0.4, 0.5) is 0 Å². The summed E-state index contributed by atoms with van der Waals surface area (Å²) in [4.78, 5) is 4.59. The van der Waals surface area contributed by atoms with E-state index in [2.05, 4.69) is 23.9 Å². The number of aromatic nitrogens is 3. The van der Waals surface area contributed by atoms with Crippen LogP contribution in [0.3, 0.4) is 0 Å². The Hall–Kier alpha value is -0.900. The third kappa shape index (κ3) is 2.26. The zero-order chi connectivity index (χ0) is 11.8. The van der Waals surface area contributed by atoms with Gasteiger partial charge in [-0.15, -0.1) is 0 Å². The first kappa shape index (κ1) is 11.6. The summed E-state index contributed by atoms with van der Waals surface area (Å²) in [7, 11) is 1.96. The van der Waals surface area contributed by atoms with Gasteiger partial charge in [0, 0.05) is 24.9 Å². The molecule has 1 aliphatic rings. The molecule has 4 nitrogen and oxygen atoms in total. The van der Waals surface area contributed by atoms with Gasteiger partial charge in [0.1, 0.15) is 5.82 Å². The predicted octanol–water partition coefficient (Wildman–Crippen LogP) is 1.75. The van der Waals surface area contributed by atoms with Gasteiger partial charge < -0.3 is 5.73 Å². The fourth-order valence-electron chi connectivity index (χ4n) is 2.41. The average Bonchev–Trinajstić information content (AvgIpc) is 2.75. The molecule has 16 heavy (non-hydrogen) atoms. The van der Waals surface area contributed by atoms with E-state index >= 15 is 0 Å². The number of nitrogens with two attached hydrogens (primary N) is 1. The SMILES string of the molecule is CC(C)c1nc(CC2(N)CCCC2)n(C)n1. The lowest BCUT2D eigenvalue weighted by Gasteiger charge is -2.22. The van der Waals surface area contributed by atoms with Gasteiger partial charge in [-0.3, -0.25) is 4.68 Å². The molecule has 0 saturated heterocycles. The van der Waals surface area contributed by atoms with Crippen molar-refractivity contribution >= 4 is 0 Å². The summed E-state index contributed by atoms with van der Waals surface area (Å²) in [6, 6.07) is 0. The smallest absolute Gasteiger partial charge is 0.153 e. The minimum atomic E-state index is -0.0327. The highest BCUT2D eigenvalue weighted by Crippen LogP contribution is 2.30. The molecular weight excluding hydrogens is 200 g/mol. The molecule has 0 bridgehead atoms. The van der Waals surface area contributed by atoms with Crippen molar-refractivity contribution in [2.75, 3.05) is 0 Å². The molecule has 0 radical (unpaired) electrons. The molecule has 1 aromatic rings. The molecule has 1 heterocycles. The normalized spacial score (nSPS) is 19.6. The van der Waals surface area contributed by atoms with Crippen molar-refractivity contribution in [3.8, 4) is 0 Å². The van der Waals surface area contributed by atoms with Crippen LogP contribution in [0, 0.1) is 0 Å². The first-order valence-electron chi connectivity index (χ1n) is 6.19. The summed E-state index contributed by atoms with van der Waals surface area (Å²) < 4.78 is 1.89. The average molecular weight is 222 g/mol. The van der Waals surface area contributed by atoms with Gasteiger partial charge in [0.2, 0.25) is 0 Å². The van der Waals surface area contributed by atoms with Crippen LogP contribution in [0.5, 0.6) is 0 Å². The van der Waals surface area contributed by atoms with Gasteiger partial charge in [-0.05, 0) is 12.8 Å². The molecule has 0 spiro atoms. The molecule has 0 aliphatic heterocycles. The molecule has 0 amide bonds. The number of rotatable bonds is 3. The first-order valence-corrected chi connectivity index (χ1v) is 6.19. The molecule has 0 unspecified atom stereocenters. The third-order valence-electron chi connectivity index (χ3n) is 3.50. The Balaban J connectivity index is 2.14. The second-order valence-electron chi connectivity index (χ2n) is 5.41. The fourth-order valence-corrected chi connectivity index (χ4v) is 2.41. The Morgan fingerprint density at radius 1 is 1.38 bits per heavy atom. The molecule has 2 rings (SSSR count). The molecule has 4 heteroatoms. The van der Waals surface area contributed by atoms with Gasteiger partial charge >= 0.3 is 0 Å². The van der Waals surface area contributed by atoms with Crippen LogP contribution in [0.25, 0.3) is 0 Å². The number of aryl methyl sites for hydroxylation is 1. The first-order chi connectivity index (χ1) is 7.50. The van der Waals surface area contributed by atoms with E-state index in [1.54, 1.807) is 0 Å². The highest BCUT2D eigenvalue weighted by Gasteiger charge is 2.31. The van der Waals surface area contributed by atoms with Gasteiger partial charge in [0.05, 0.1) is 0 Å². The lowest BCUT2D eigenvalue weighted by atomic mass is 9.94. The van der Waals surface area contributed by atoms with Gasteiger partial charge in [-0.1, -0.05) is 26.7 Å². The van der Waals surface area contributed by atoms with Crippen LogP contribution in [0.2, 0.25) is 0 Å². The van der Waals surface area contributed by atoms with Crippen molar-refractivity contribution in [2.24, 2.45) is 12.8 Å². The summed E-state index contributed by atoms with van der Waals surface area (Å²) >= 11 is 0. The van der Waals surface area contributed by atoms with Gasteiger partial charge in [-0.2, -0.15) is 5.10 Å². The third-order valence-corrected chi connectivity index (χ3v) is 3.50. The van der Waals surface area contributed by atoms with E-state index in [4.69, 9.17) is 5.73 Å². The summed E-state index contributed by atoms with van der Waals surface area (Å²) in [5.74, 6) is 2.35. The lowest BCUT2D eigenvalue weighted by Crippen LogP contribution is -2.39. The van der Waals surface area contributed by atoms with E-state index in [1.165, 1.54) is 12.8 Å². The summed E-state index contributed by atoms with van der Waals surface area (Å²) in [6.45, 7) is 4.24. The Morgan fingerprint density at radius 2 is 2.00 bits per heavy atom. The predicted molar refractivity (Wildman–Crippen MR) is 64.2 cm³/mol. The topological polar surface area (TPSA) is 56.7 Å². The van der Waals surface area contributed by atoms with Crippen molar-refractivity contribution in [2.45, 2.75) is 57.4 Å². The van der Waals surface area contributed by atoms with Crippen LogP contribution in [-0.4, -0.2) is 20.3 Å². The Labute approximate surface area is 97.2 Å². The Bertz CT molecular complexity index is 361. The second kappa shape index (κ2) is 4.17. The van der Waals surface area contributed by atoms with E-state index in [-0.39, 0.29) is 5.54 Å². The Kier molecular flexibility index (Phi) is 3.02. The van der Waals surface area contributed by atoms with Crippen molar-refractivity contribution in [1.29, 1.82) is 0 Å². The standard InChI is InChI=1S/C12H22N4/c1-9(2)11-14-10(16(3)15-11)8-12(13)6-4-5-7-12/h9H,4-8,13H2,1-3H3. The molecule has 90 valence electrons.